The van der Waals surface area contributed by atoms with Gasteiger partial charge in [0.25, 0.3) is 5.88 Å². The van der Waals surface area contributed by atoms with Crippen LogP contribution in [0, 0.1) is 11.6 Å². The number of anilines is 2. The summed E-state index contributed by atoms with van der Waals surface area (Å²) in [5.41, 5.74) is -0.786. The Balaban J connectivity index is 1.39. The van der Waals surface area contributed by atoms with E-state index < -0.39 is 35.5 Å². The maximum Gasteiger partial charge on any atom is 0.414 e. The van der Waals surface area contributed by atoms with Crippen LogP contribution in [-0.4, -0.2) is 73.3 Å². The fourth-order valence-corrected chi connectivity index (χ4v) is 3.72. The van der Waals surface area contributed by atoms with E-state index in [0.29, 0.717) is 0 Å². The molecule has 0 saturated carbocycles. The lowest BCUT2D eigenvalue weighted by Gasteiger charge is -2.37. The fourth-order valence-electron chi connectivity index (χ4n) is 3.72. The van der Waals surface area contributed by atoms with Crippen LogP contribution in [-0.2, 0) is 9.47 Å². The quantitative estimate of drug-likeness (QED) is 0.642. The summed E-state index contributed by atoms with van der Waals surface area (Å²) in [5.74, 6) is -1.38. The normalized spacial score (nSPS) is 18.8. The maximum absolute atomic E-state index is 15.0. The van der Waals surface area contributed by atoms with Gasteiger partial charge in [0, 0.05) is 44.4 Å². The Morgan fingerprint density at radius 3 is 2.44 bits per heavy atom. The molecule has 0 radical (unpaired) electrons. The second-order valence-electron chi connectivity index (χ2n) is 8.98. The van der Waals surface area contributed by atoms with Crippen molar-refractivity contribution in [3.05, 3.63) is 36.1 Å². The smallest absolute Gasteiger partial charge is 0.414 e. The molecule has 2 amide bonds. The molecule has 12 heteroatoms. The number of cyclic esters (lactones) is 1. The van der Waals surface area contributed by atoms with Crippen LogP contribution in [0.4, 0.5) is 29.7 Å². The summed E-state index contributed by atoms with van der Waals surface area (Å²) in [6.07, 6.45) is -0.493. The van der Waals surface area contributed by atoms with Crippen molar-refractivity contribution < 1.29 is 37.1 Å². The Morgan fingerprint density at radius 2 is 1.85 bits per heavy atom. The molecule has 0 bridgehead atoms. The highest BCUT2D eigenvalue weighted by molar-refractivity contribution is 5.90. The first-order valence-corrected chi connectivity index (χ1v) is 10.8. The Morgan fingerprint density at radius 1 is 1.18 bits per heavy atom. The number of halogens is 2. The lowest BCUT2D eigenvalue weighted by molar-refractivity contribution is 0.0240. The number of rotatable bonds is 5. The standard InChI is InChI=1S/C22H26F2N4O6/c1-22(2,3)34-20(29)27-7-5-26(6-8-27)19-16(23)10-14(11-17(19)24)28-12-15(33-21(28)30)13-31-18-4-9-32-25-18/h4,9-11,15H,5-8,12-13H2,1-3H3/t15-/m1/s1. The molecule has 0 spiro atoms. The van der Waals surface area contributed by atoms with Crippen LogP contribution in [0.25, 0.3) is 0 Å². The van der Waals surface area contributed by atoms with Crippen molar-refractivity contribution >= 4 is 23.6 Å². The van der Waals surface area contributed by atoms with Gasteiger partial charge >= 0.3 is 12.2 Å². The summed E-state index contributed by atoms with van der Waals surface area (Å²) in [6.45, 7) is 6.39. The summed E-state index contributed by atoms with van der Waals surface area (Å²) in [7, 11) is 0. The molecule has 0 unspecified atom stereocenters. The summed E-state index contributed by atoms with van der Waals surface area (Å²) in [5, 5.41) is 3.60. The molecule has 10 nitrogen and oxygen atoms in total. The average Bonchev–Trinajstić information content (AvgIpc) is 3.40. The number of carbonyl (C=O) groups excluding carboxylic acids is 2. The molecule has 1 aromatic carbocycles. The van der Waals surface area contributed by atoms with E-state index in [1.807, 2.05) is 0 Å². The number of hydrogen-bond acceptors (Lipinski definition) is 8. The van der Waals surface area contributed by atoms with Gasteiger partial charge in [-0.3, -0.25) is 4.90 Å². The summed E-state index contributed by atoms with van der Waals surface area (Å²) in [4.78, 5) is 28.7. The first kappa shape index (κ1) is 23.6. The molecule has 184 valence electrons. The largest absolute Gasteiger partial charge is 0.471 e. The van der Waals surface area contributed by atoms with Crippen LogP contribution in [0.5, 0.6) is 5.88 Å². The van der Waals surface area contributed by atoms with Gasteiger partial charge in [0.15, 0.2) is 17.7 Å². The molecule has 2 aliphatic heterocycles. The topological polar surface area (TPSA) is 97.6 Å². The fraction of sp³-hybridized carbons (Fsp3) is 0.500. The monoisotopic (exact) mass is 480 g/mol. The second-order valence-corrected chi connectivity index (χ2v) is 8.98. The Hall–Kier alpha value is -3.57. The third-order valence-electron chi connectivity index (χ3n) is 5.27. The second kappa shape index (κ2) is 9.35. The zero-order valence-electron chi connectivity index (χ0n) is 19.1. The molecule has 34 heavy (non-hydrogen) atoms. The van der Waals surface area contributed by atoms with Gasteiger partial charge < -0.3 is 28.5 Å². The SMILES string of the molecule is CC(C)(C)OC(=O)N1CCN(c2c(F)cc(N3C[C@H](COc4ccon4)OC3=O)cc2F)CC1. The predicted octanol–water partition coefficient (Wildman–Crippen LogP) is 3.41. The Labute approximate surface area is 194 Å². The lowest BCUT2D eigenvalue weighted by atomic mass is 10.2. The van der Waals surface area contributed by atoms with Crippen molar-refractivity contribution in [1.82, 2.24) is 10.1 Å². The number of amides is 2. The highest BCUT2D eigenvalue weighted by atomic mass is 19.1. The van der Waals surface area contributed by atoms with E-state index in [1.165, 1.54) is 22.1 Å². The summed E-state index contributed by atoms with van der Waals surface area (Å²) in [6, 6.07) is 3.70. The van der Waals surface area contributed by atoms with Crippen LogP contribution in [0.2, 0.25) is 0 Å². The van der Waals surface area contributed by atoms with Gasteiger partial charge in [0.2, 0.25) is 0 Å². The molecule has 2 aromatic rings. The van der Waals surface area contributed by atoms with Crippen molar-refractivity contribution in [2.24, 2.45) is 0 Å². The minimum Gasteiger partial charge on any atom is -0.471 e. The van der Waals surface area contributed by atoms with Crippen LogP contribution in [0.15, 0.2) is 29.0 Å². The number of aromatic nitrogens is 1. The van der Waals surface area contributed by atoms with Crippen LogP contribution < -0.4 is 14.5 Å². The predicted molar refractivity (Wildman–Crippen MR) is 116 cm³/mol. The van der Waals surface area contributed by atoms with Crippen molar-refractivity contribution in [1.29, 1.82) is 0 Å². The van der Waals surface area contributed by atoms with E-state index in [9.17, 15) is 18.4 Å². The molecular formula is C22H26F2N4O6. The van der Waals surface area contributed by atoms with E-state index in [-0.39, 0.29) is 56.6 Å². The minimum absolute atomic E-state index is 0.0136. The first-order chi connectivity index (χ1) is 16.1. The highest BCUT2D eigenvalue weighted by Crippen LogP contribution is 2.32. The molecule has 3 heterocycles. The van der Waals surface area contributed by atoms with Gasteiger partial charge in [-0.25, -0.2) is 18.4 Å². The summed E-state index contributed by atoms with van der Waals surface area (Å²) >= 11 is 0. The van der Waals surface area contributed by atoms with Crippen molar-refractivity contribution in [2.75, 3.05) is 49.1 Å². The van der Waals surface area contributed by atoms with E-state index >= 15 is 0 Å². The molecular weight excluding hydrogens is 454 g/mol. The number of piperazine rings is 1. The van der Waals surface area contributed by atoms with Crippen molar-refractivity contribution in [3.8, 4) is 5.88 Å². The number of benzene rings is 1. The van der Waals surface area contributed by atoms with E-state index in [4.69, 9.17) is 14.2 Å². The average molecular weight is 480 g/mol. The lowest BCUT2D eigenvalue weighted by Crippen LogP contribution is -2.50. The van der Waals surface area contributed by atoms with E-state index in [2.05, 4.69) is 9.68 Å². The first-order valence-electron chi connectivity index (χ1n) is 10.8. The molecule has 2 aliphatic rings. The van der Waals surface area contributed by atoms with E-state index in [1.54, 1.807) is 20.8 Å². The minimum atomic E-state index is -0.809. The van der Waals surface area contributed by atoms with Gasteiger partial charge in [0.1, 0.15) is 24.2 Å². The molecule has 1 atom stereocenters. The third-order valence-corrected chi connectivity index (χ3v) is 5.27. The highest BCUT2D eigenvalue weighted by Gasteiger charge is 2.35. The van der Waals surface area contributed by atoms with Crippen molar-refractivity contribution in [3.63, 3.8) is 0 Å². The van der Waals surface area contributed by atoms with Gasteiger partial charge in [-0.15, -0.1) is 0 Å². The molecule has 0 aliphatic carbocycles. The molecule has 0 N–H and O–H groups in total. The van der Waals surface area contributed by atoms with Crippen LogP contribution >= 0.6 is 0 Å². The number of hydrogen-bond donors (Lipinski definition) is 0. The molecule has 2 fully saturated rings. The Kier molecular flexibility index (Phi) is 6.49. The molecule has 2 saturated heterocycles. The molecule has 4 rings (SSSR count). The zero-order chi connectivity index (χ0) is 24.5. The van der Waals surface area contributed by atoms with Crippen LogP contribution in [0.1, 0.15) is 20.8 Å². The Bertz CT molecular complexity index is 1010. The summed E-state index contributed by atoms with van der Waals surface area (Å²) < 4.78 is 50.5. The van der Waals surface area contributed by atoms with Gasteiger partial charge in [-0.2, -0.15) is 0 Å². The van der Waals surface area contributed by atoms with Crippen LogP contribution in [0.3, 0.4) is 0 Å². The van der Waals surface area contributed by atoms with Gasteiger partial charge in [-0.05, 0) is 25.9 Å². The van der Waals surface area contributed by atoms with Gasteiger partial charge in [0.05, 0.1) is 12.2 Å². The van der Waals surface area contributed by atoms with Crippen molar-refractivity contribution in [2.45, 2.75) is 32.5 Å². The zero-order valence-corrected chi connectivity index (χ0v) is 19.1. The number of carbonyl (C=O) groups is 2. The maximum atomic E-state index is 15.0. The van der Waals surface area contributed by atoms with Gasteiger partial charge in [-0.1, -0.05) is 0 Å². The third kappa shape index (κ3) is 5.32. The number of nitrogens with zero attached hydrogens (tertiary/aromatic N) is 4. The number of ether oxygens (including phenoxy) is 3. The van der Waals surface area contributed by atoms with E-state index in [0.717, 1.165) is 17.0 Å². The molecule has 1 aromatic heterocycles.